The van der Waals surface area contributed by atoms with Crippen LogP contribution in [-0.4, -0.2) is 31.2 Å². The van der Waals surface area contributed by atoms with E-state index in [0.29, 0.717) is 6.04 Å². The van der Waals surface area contributed by atoms with Crippen molar-refractivity contribution < 1.29 is 0 Å². The van der Waals surface area contributed by atoms with E-state index in [4.69, 9.17) is 0 Å². The largest absolute Gasteiger partial charge is 0.348 e. The zero-order valence-corrected chi connectivity index (χ0v) is 10.3. The lowest BCUT2D eigenvalue weighted by atomic mass is 9.91. The summed E-state index contributed by atoms with van der Waals surface area (Å²) in [6.07, 6.45) is 7.02. The van der Waals surface area contributed by atoms with Gasteiger partial charge in [0.2, 0.25) is 0 Å². The molecule has 0 saturated heterocycles. The van der Waals surface area contributed by atoms with Crippen LogP contribution in [0.25, 0.3) is 0 Å². The minimum absolute atomic E-state index is 0.681. The van der Waals surface area contributed by atoms with E-state index in [-0.39, 0.29) is 0 Å². The molecule has 1 N–H and O–H groups in total. The van der Waals surface area contributed by atoms with Crippen LogP contribution in [0.5, 0.6) is 0 Å². The first-order valence-electron chi connectivity index (χ1n) is 5.61. The van der Waals surface area contributed by atoms with Gasteiger partial charge in [-0.3, -0.25) is 0 Å². The molecule has 0 amide bonds. The number of anilines is 1. The highest BCUT2D eigenvalue weighted by Crippen LogP contribution is 2.27. The van der Waals surface area contributed by atoms with Gasteiger partial charge in [-0.2, -0.15) is 0 Å². The highest BCUT2D eigenvalue weighted by Gasteiger charge is 2.23. The van der Waals surface area contributed by atoms with Crippen LogP contribution in [0.4, 0.5) is 5.13 Å². The Morgan fingerprint density at radius 3 is 2.67 bits per heavy atom. The van der Waals surface area contributed by atoms with Gasteiger partial charge in [-0.15, -0.1) is 11.3 Å². The van der Waals surface area contributed by atoms with Gasteiger partial charge in [0.05, 0.1) is 0 Å². The van der Waals surface area contributed by atoms with Gasteiger partial charge in [0.1, 0.15) is 0 Å². The summed E-state index contributed by atoms with van der Waals surface area (Å²) in [6, 6.07) is 1.41. The third-order valence-corrected chi connectivity index (χ3v) is 4.24. The van der Waals surface area contributed by atoms with Crippen LogP contribution in [0, 0.1) is 0 Å². The van der Waals surface area contributed by atoms with Crippen molar-refractivity contribution in [2.45, 2.75) is 37.8 Å². The third kappa shape index (κ3) is 2.49. The van der Waals surface area contributed by atoms with Crippen molar-refractivity contribution >= 4 is 16.5 Å². The first kappa shape index (κ1) is 10.9. The second-order valence-corrected chi connectivity index (χ2v) is 5.09. The summed E-state index contributed by atoms with van der Waals surface area (Å²) in [6.45, 7) is 0. The molecule has 1 aromatic rings. The van der Waals surface area contributed by atoms with Crippen molar-refractivity contribution in [3.05, 3.63) is 11.6 Å². The highest BCUT2D eigenvalue weighted by atomic mass is 32.1. The maximum atomic E-state index is 4.36. The molecule has 0 aromatic carbocycles. The van der Waals surface area contributed by atoms with Crippen LogP contribution in [0.3, 0.4) is 0 Å². The lowest BCUT2D eigenvalue weighted by Crippen LogP contribution is -2.39. The summed E-state index contributed by atoms with van der Waals surface area (Å²) < 4.78 is 0. The molecule has 0 aliphatic heterocycles. The van der Waals surface area contributed by atoms with E-state index < -0.39 is 0 Å². The summed E-state index contributed by atoms with van der Waals surface area (Å²) in [5.74, 6) is 0. The Bertz CT molecular complexity index is 278. The number of rotatable bonds is 3. The fraction of sp³-hybridized carbons (Fsp3) is 0.727. The van der Waals surface area contributed by atoms with Crippen LogP contribution < -0.4 is 10.2 Å². The molecule has 15 heavy (non-hydrogen) atoms. The van der Waals surface area contributed by atoms with Crippen molar-refractivity contribution in [2.75, 3.05) is 19.0 Å². The molecule has 1 aliphatic rings. The van der Waals surface area contributed by atoms with Crippen molar-refractivity contribution in [1.82, 2.24) is 10.3 Å². The molecule has 0 spiro atoms. The van der Waals surface area contributed by atoms with Crippen LogP contribution in [-0.2, 0) is 0 Å². The maximum absolute atomic E-state index is 4.36. The van der Waals surface area contributed by atoms with Gasteiger partial charge in [-0.25, -0.2) is 4.98 Å². The number of nitrogens with one attached hydrogen (secondary N) is 1. The fourth-order valence-electron chi connectivity index (χ4n) is 2.30. The molecule has 1 heterocycles. The Morgan fingerprint density at radius 2 is 2.13 bits per heavy atom. The number of hydrogen-bond acceptors (Lipinski definition) is 4. The van der Waals surface area contributed by atoms with Gasteiger partial charge in [-0.1, -0.05) is 0 Å². The first-order chi connectivity index (χ1) is 7.31. The lowest BCUT2D eigenvalue weighted by molar-refractivity contribution is 0.351. The Morgan fingerprint density at radius 1 is 1.40 bits per heavy atom. The van der Waals surface area contributed by atoms with Crippen molar-refractivity contribution in [3.8, 4) is 0 Å². The summed E-state index contributed by atoms with van der Waals surface area (Å²) in [7, 11) is 4.23. The minimum atomic E-state index is 0.681. The molecule has 0 unspecified atom stereocenters. The lowest BCUT2D eigenvalue weighted by Gasteiger charge is -2.34. The van der Waals surface area contributed by atoms with Crippen molar-refractivity contribution in [2.24, 2.45) is 0 Å². The molecule has 0 atom stereocenters. The van der Waals surface area contributed by atoms with E-state index in [1.165, 1.54) is 25.7 Å². The van der Waals surface area contributed by atoms with E-state index in [0.717, 1.165) is 11.2 Å². The van der Waals surface area contributed by atoms with Gasteiger partial charge in [0, 0.05) is 30.7 Å². The number of nitrogens with zero attached hydrogens (tertiary/aromatic N) is 2. The molecule has 1 saturated carbocycles. The van der Waals surface area contributed by atoms with Crippen molar-refractivity contribution in [1.29, 1.82) is 0 Å². The van der Waals surface area contributed by atoms with E-state index in [1.807, 2.05) is 11.6 Å². The SMILES string of the molecule is CNC1CCC(N(C)c2nccs2)CC1. The topological polar surface area (TPSA) is 28.2 Å². The smallest absolute Gasteiger partial charge is 0.185 e. The minimum Gasteiger partial charge on any atom is -0.348 e. The van der Waals surface area contributed by atoms with Crippen LogP contribution in [0.1, 0.15) is 25.7 Å². The van der Waals surface area contributed by atoms with Gasteiger partial charge in [-0.05, 0) is 32.7 Å². The number of aromatic nitrogens is 1. The van der Waals surface area contributed by atoms with Gasteiger partial charge in [0.15, 0.2) is 5.13 Å². The van der Waals surface area contributed by atoms with Crippen LogP contribution in [0.2, 0.25) is 0 Å². The molecular weight excluding hydrogens is 206 g/mol. The van der Waals surface area contributed by atoms with E-state index in [2.05, 4.69) is 29.3 Å². The second kappa shape index (κ2) is 4.94. The summed E-state index contributed by atoms with van der Waals surface area (Å²) in [5.41, 5.74) is 0. The van der Waals surface area contributed by atoms with Crippen LogP contribution >= 0.6 is 11.3 Å². The Balaban J connectivity index is 1.90. The van der Waals surface area contributed by atoms with Crippen LogP contribution in [0.15, 0.2) is 11.6 Å². The standard InChI is InChI=1S/C11H19N3S/c1-12-9-3-5-10(6-4-9)14(2)11-13-7-8-15-11/h7-10,12H,3-6H2,1-2H3. The Kier molecular flexibility index (Phi) is 3.59. The van der Waals surface area contributed by atoms with E-state index in [1.54, 1.807) is 11.3 Å². The molecule has 4 heteroatoms. The van der Waals surface area contributed by atoms with Crippen molar-refractivity contribution in [3.63, 3.8) is 0 Å². The number of hydrogen-bond donors (Lipinski definition) is 1. The van der Waals surface area contributed by atoms with E-state index >= 15 is 0 Å². The zero-order chi connectivity index (χ0) is 10.7. The van der Waals surface area contributed by atoms with Gasteiger partial charge in [0.25, 0.3) is 0 Å². The summed E-state index contributed by atoms with van der Waals surface area (Å²) in [5, 5.41) is 6.57. The Hall–Kier alpha value is -0.610. The molecule has 1 aromatic heterocycles. The quantitative estimate of drug-likeness (QED) is 0.854. The predicted octanol–water partition coefficient (Wildman–Crippen LogP) is 2.11. The average molecular weight is 225 g/mol. The van der Waals surface area contributed by atoms with E-state index in [9.17, 15) is 0 Å². The molecular formula is C11H19N3S. The monoisotopic (exact) mass is 225 g/mol. The molecule has 0 radical (unpaired) electrons. The predicted molar refractivity (Wildman–Crippen MR) is 65.6 cm³/mol. The second-order valence-electron chi connectivity index (χ2n) is 4.22. The summed E-state index contributed by atoms with van der Waals surface area (Å²) >= 11 is 1.73. The number of thiazole rings is 1. The first-order valence-corrected chi connectivity index (χ1v) is 6.49. The summed E-state index contributed by atoms with van der Waals surface area (Å²) in [4.78, 5) is 6.70. The maximum Gasteiger partial charge on any atom is 0.185 e. The normalized spacial score (nSPS) is 26.5. The molecule has 3 nitrogen and oxygen atoms in total. The van der Waals surface area contributed by atoms with Gasteiger partial charge < -0.3 is 10.2 Å². The fourth-order valence-corrected chi connectivity index (χ4v) is 2.98. The molecule has 2 rings (SSSR count). The molecule has 0 bridgehead atoms. The Labute approximate surface area is 95.5 Å². The molecule has 1 fully saturated rings. The average Bonchev–Trinajstić information content (AvgIpc) is 2.82. The third-order valence-electron chi connectivity index (χ3n) is 3.37. The van der Waals surface area contributed by atoms with Gasteiger partial charge >= 0.3 is 0 Å². The molecule has 84 valence electrons. The molecule has 1 aliphatic carbocycles. The zero-order valence-electron chi connectivity index (χ0n) is 9.44. The highest BCUT2D eigenvalue weighted by molar-refractivity contribution is 7.13.